The van der Waals surface area contributed by atoms with Crippen molar-refractivity contribution in [3.05, 3.63) is 197 Å². The average molecular weight is 942 g/mol. The zero-order valence-electron chi connectivity index (χ0n) is 38.5. The van der Waals surface area contributed by atoms with Crippen LogP contribution in [0.1, 0.15) is 63.2 Å². The van der Waals surface area contributed by atoms with Crippen molar-refractivity contribution < 1.29 is 53.1 Å². The number of hydrogen-bond donors (Lipinski definition) is 3. The number of amides is 3. The molecule has 3 N–H and O–H groups in total. The normalized spacial score (nSPS) is 21.7. The third-order valence-corrected chi connectivity index (χ3v) is 13.1. The van der Waals surface area contributed by atoms with Gasteiger partial charge in [-0.2, -0.15) is 0 Å². The minimum atomic E-state index is -2.17. The van der Waals surface area contributed by atoms with Gasteiger partial charge in [-0.25, -0.2) is 9.69 Å². The minimum Gasteiger partial charge on any atom is -0.497 e. The molecule has 3 aliphatic heterocycles. The van der Waals surface area contributed by atoms with Gasteiger partial charge in [-0.15, -0.1) is 0 Å². The van der Waals surface area contributed by atoms with Crippen LogP contribution < -0.4 is 19.7 Å². The molecule has 3 aliphatic rings. The molecule has 6 aromatic rings. The van der Waals surface area contributed by atoms with Gasteiger partial charge in [-0.3, -0.25) is 19.3 Å². The summed E-state index contributed by atoms with van der Waals surface area (Å²) in [4.78, 5) is 65.1. The van der Waals surface area contributed by atoms with Crippen molar-refractivity contribution in [2.45, 2.75) is 35.7 Å². The van der Waals surface area contributed by atoms with Gasteiger partial charge in [0, 0.05) is 30.3 Å². The number of para-hydroxylation sites is 1. The van der Waals surface area contributed by atoms with Crippen molar-refractivity contribution in [3.63, 3.8) is 0 Å². The summed E-state index contributed by atoms with van der Waals surface area (Å²) in [6.07, 6.45) is -3.20. The van der Waals surface area contributed by atoms with Gasteiger partial charge in [0.25, 0.3) is 0 Å². The zero-order chi connectivity index (χ0) is 48.8. The van der Waals surface area contributed by atoms with Crippen LogP contribution in [0.2, 0.25) is 0 Å². The smallest absolute Gasteiger partial charge is 0.421 e. The lowest BCUT2D eigenvalue weighted by molar-refractivity contribution is -0.178. The Labute approximate surface area is 405 Å². The first-order valence-corrected chi connectivity index (χ1v) is 22.9. The number of esters is 1. The first-order valence-electron chi connectivity index (χ1n) is 22.9. The van der Waals surface area contributed by atoms with Crippen molar-refractivity contribution in [3.8, 4) is 23.3 Å². The number of rotatable bonds is 14. The molecule has 0 aliphatic carbocycles. The number of cyclic esters (lactones) is 1. The van der Waals surface area contributed by atoms with E-state index in [2.05, 4.69) is 17.2 Å². The molecule has 14 heteroatoms. The number of carbonyl (C=O) groups is 4. The summed E-state index contributed by atoms with van der Waals surface area (Å²) in [5, 5.41) is 24.5. The first-order chi connectivity index (χ1) is 34.2. The van der Waals surface area contributed by atoms with E-state index >= 15 is 14.4 Å². The van der Waals surface area contributed by atoms with Gasteiger partial charge in [-0.05, 0) is 70.8 Å². The van der Waals surface area contributed by atoms with Crippen molar-refractivity contribution in [2.75, 3.05) is 52.1 Å². The van der Waals surface area contributed by atoms with Crippen molar-refractivity contribution in [1.82, 2.24) is 10.2 Å². The average Bonchev–Trinajstić information content (AvgIpc) is 3.86. The number of carbonyl (C=O) groups excluding carboxylic acids is 4. The summed E-state index contributed by atoms with van der Waals surface area (Å²) in [6, 6.07) is 42.8. The Morgan fingerprint density at radius 3 is 2.09 bits per heavy atom. The molecule has 7 atom stereocenters. The summed E-state index contributed by atoms with van der Waals surface area (Å²) < 4.78 is 29.1. The molecule has 1 spiro atoms. The van der Waals surface area contributed by atoms with E-state index in [0.717, 1.165) is 4.90 Å². The number of nitrogens with one attached hydrogen (secondary N) is 1. The van der Waals surface area contributed by atoms with E-state index in [-0.39, 0.29) is 50.0 Å². The molecule has 3 heterocycles. The molecule has 70 heavy (non-hydrogen) atoms. The molecular weight excluding hydrogens is 891 g/mol. The van der Waals surface area contributed by atoms with E-state index in [1.54, 1.807) is 104 Å². The summed E-state index contributed by atoms with van der Waals surface area (Å²) in [7, 11) is 3.02. The van der Waals surface area contributed by atoms with E-state index in [1.807, 2.05) is 65.6 Å². The predicted molar refractivity (Wildman–Crippen MR) is 258 cm³/mol. The number of imide groups is 1. The van der Waals surface area contributed by atoms with Gasteiger partial charge in [-0.1, -0.05) is 121 Å². The lowest BCUT2D eigenvalue weighted by atomic mass is 9.65. The van der Waals surface area contributed by atoms with Gasteiger partial charge in [0.15, 0.2) is 0 Å². The number of benzene rings is 6. The fourth-order valence-electron chi connectivity index (χ4n) is 10.1. The van der Waals surface area contributed by atoms with Crippen LogP contribution >= 0.6 is 0 Å². The highest BCUT2D eigenvalue weighted by molar-refractivity contribution is 6.23. The van der Waals surface area contributed by atoms with Crippen LogP contribution in [0, 0.1) is 17.8 Å². The van der Waals surface area contributed by atoms with Gasteiger partial charge >= 0.3 is 12.1 Å². The zero-order valence-corrected chi connectivity index (χ0v) is 38.5. The van der Waals surface area contributed by atoms with Crippen molar-refractivity contribution in [1.29, 1.82) is 0 Å². The summed E-state index contributed by atoms with van der Waals surface area (Å²) in [5.41, 5.74) is 1.48. The molecule has 2 saturated heterocycles. The van der Waals surface area contributed by atoms with E-state index < -0.39 is 65.5 Å². The maximum absolute atomic E-state index is 16.5. The second-order valence-electron chi connectivity index (χ2n) is 17.0. The van der Waals surface area contributed by atoms with Crippen LogP contribution in [0.4, 0.5) is 10.5 Å². The Kier molecular flexibility index (Phi) is 14.1. The number of fused-ring (bicyclic) bond motifs is 3. The number of ether oxygens (including phenoxy) is 5. The van der Waals surface area contributed by atoms with E-state index in [0.29, 0.717) is 39.1 Å². The summed E-state index contributed by atoms with van der Waals surface area (Å²) in [6.45, 7) is -0.958. The molecule has 2 fully saturated rings. The van der Waals surface area contributed by atoms with Gasteiger partial charge < -0.3 is 39.2 Å². The maximum atomic E-state index is 16.5. The second kappa shape index (κ2) is 20.8. The number of aliphatic hydroxyl groups excluding tert-OH is 2. The predicted octanol–water partition coefficient (Wildman–Crippen LogP) is 6.76. The highest BCUT2D eigenvalue weighted by Gasteiger charge is 2.76. The Bertz CT molecular complexity index is 2910. The summed E-state index contributed by atoms with van der Waals surface area (Å²) in [5.74, 6) is 3.22. The number of morpholine rings is 1. The third kappa shape index (κ3) is 8.76. The SMILES string of the molecule is COCCOC(=O)N1C(=O)[C@@]2(c3cc(C#Cc4ccc(OC)cc4)ccc31)[C@H](c1ccccc1OCCO)N1[C@H](c3ccccc3)[C@H](c3ccccc3)OC(=O)[C@H]1[C@@H]2C(=O)NC[C@H](O)c1ccccc1. The van der Waals surface area contributed by atoms with Gasteiger partial charge in [0.1, 0.15) is 42.3 Å². The lowest BCUT2D eigenvalue weighted by Crippen LogP contribution is -2.56. The highest BCUT2D eigenvalue weighted by Crippen LogP contribution is 2.66. The second-order valence-corrected chi connectivity index (χ2v) is 17.0. The number of methoxy groups -OCH3 is 2. The van der Waals surface area contributed by atoms with E-state index in [9.17, 15) is 15.0 Å². The fourth-order valence-corrected chi connectivity index (χ4v) is 10.1. The van der Waals surface area contributed by atoms with E-state index in [4.69, 9.17) is 23.7 Å². The van der Waals surface area contributed by atoms with E-state index in [1.165, 1.54) is 7.11 Å². The molecule has 9 rings (SSSR count). The quantitative estimate of drug-likeness (QED) is 0.0596. The minimum absolute atomic E-state index is 0.0277. The van der Waals surface area contributed by atoms with Crippen LogP contribution in [0.15, 0.2) is 158 Å². The number of anilines is 1. The van der Waals surface area contributed by atoms with Gasteiger partial charge in [0.05, 0.1) is 50.1 Å². The molecular formula is C56H51N3O11. The Balaban J connectivity index is 1.34. The third-order valence-electron chi connectivity index (χ3n) is 13.1. The standard InChI is InChI=1S/C56H51N3O11/c1-66-32-33-69-55(65)58-44-29-26-37(23-22-36-24-27-41(67-2)28-25-36)34-43(44)56(54(58)64)47(52(62)57-35-45(61)38-14-6-3-7-15-38)49-53(63)70-50(40-18-10-5-11-19-40)48(39-16-8-4-9-17-39)59(49)51(56)42-20-12-13-21-46(42)68-31-30-60/h3-21,24-29,34,45,47-51,60-61H,30-33,35H2,1-2H3,(H,57,62)/t45-,47+,48+,49+,50-,51-,56+/m0/s1. The molecule has 0 bridgehead atoms. The van der Waals surface area contributed by atoms with Crippen LogP contribution in [-0.4, -0.2) is 92.2 Å². The first kappa shape index (κ1) is 47.3. The topological polar surface area (TPSA) is 173 Å². The van der Waals surface area contributed by atoms with Gasteiger partial charge in [0.2, 0.25) is 11.8 Å². The Hall–Kier alpha value is -7.80. The van der Waals surface area contributed by atoms with Crippen molar-refractivity contribution in [2.24, 2.45) is 5.92 Å². The molecule has 3 amide bonds. The molecule has 0 aromatic heterocycles. The number of hydrogen-bond acceptors (Lipinski definition) is 12. The van der Waals surface area contributed by atoms with Crippen LogP contribution in [0.25, 0.3) is 0 Å². The molecule has 14 nitrogen and oxygen atoms in total. The Morgan fingerprint density at radius 2 is 1.40 bits per heavy atom. The monoisotopic (exact) mass is 941 g/mol. The molecule has 0 saturated carbocycles. The Morgan fingerprint density at radius 1 is 0.757 bits per heavy atom. The summed E-state index contributed by atoms with van der Waals surface area (Å²) >= 11 is 0. The van der Waals surface area contributed by atoms with Crippen LogP contribution in [-0.2, 0) is 34.0 Å². The highest BCUT2D eigenvalue weighted by atomic mass is 16.6. The van der Waals surface area contributed by atoms with Crippen molar-refractivity contribution >= 4 is 29.6 Å². The lowest BCUT2D eigenvalue weighted by Gasteiger charge is -2.46. The number of nitrogens with zero attached hydrogens (tertiary/aromatic N) is 2. The van der Waals surface area contributed by atoms with Crippen LogP contribution in [0.3, 0.4) is 0 Å². The largest absolute Gasteiger partial charge is 0.497 e. The van der Waals surface area contributed by atoms with Crippen LogP contribution in [0.5, 0.6) is 11.5 Å². The molecule has 0 radical (unpaired) electrons. The molecule has 0 unspecified atom stereocenters. The fraction of sp³-hybridized carbons (Fsp3) is 0.250. The maximum Gasteiger partial charge on any atom is 0.421 e. The molecule has 356 valence electrons. The number of aliphatic hydroxyl groups is 2. The molecule has 6 aromatic carbocycles.